The van der Waals surface area contributed by atoms with Crippen LogP contribution in [0.4, 0.5) is 5.69 Å². The minimum absolute atomic E-state index is 0.155. The molecule has 2 rings (SSSR count). The molecule has 0 saturated carbocycles. The van der Waals surface area contributed by atoms with E-state index in [1.165, 1.54) is 0 Å². The molecule has 0 unspecified atom stereocenters. The first kappa shape index (κ1) is 14.9. The van der Waals surface area contributed by atoms with Gasteiger partial charge in [0.15, 0.2) is 0 Å². The maximum absolute atomic E-state index is 12.3. The topological polar surface area (TPSA) is 64.3 Å². The summed E-state index contributed by atoms with van der Waals surface area (Å²) in [6.07, 6.45) is 0. The molecule has 0 spiro atoms. The third kappa shape index (κ3) is 3.34. The van der Waals surface area contributed by atoms with Gasteiger partial charge in [0.1, 0.15) is 5.75 Å². The van der Waals surface area contributed by atoms with E-state index in [-0.39, 0.29) is 5.91 Å². The van der Waals surface area contributed by atoms with Gasteiger partial charge in [0, 0.05) is 12.2 Å². The molecule has 0 fully saturated rings. The summed E-state index contributed by atoms with van der Waals surface area (Å²) in [4.78, 5) is 12.3. The second-order valence-electron chi connectivity index (χ2n) is 5.02. The first-order valence-electron chi connectivity index (χ1n) is 6.79. The van der Waals surface area contributed by atoms with Crippen LogP contribution in [0.1, 0.15) is 27.0 Å². The summed E-state index contributed by atoms with van der Waals surface area (Å²) < 4.78 is 5.24. The van der Waals surface area contributed by atoms with Gasteiger partial charge in [-0.3, -0.25) is 4.79 Å². The number of ether oxygens (including phenoxy) is 1. The molecule has 110 valence electrons. The smallest absolute Gasteiger partial charge is 0.255 e. The Morgan fingerprint density at radius 2 is 2.00 bits per heavy atom. The molecule has 0 saturated heterocycles. The van der Waals surface area contributed by atoms with Crippen molar-refractivity contribution in [3.05, 3.63) is 58.7 Å². The third-order valence-corrected chi connectivity index (χ3v) is 3.53. The van der Waals surface area contributed by atoms with E-state index in [1.807, 2.05) is 44.2 Å². The Morgan fingerprint density at radius 3 is 2.71 bits per heavy atom. The van der Waals surface area contributed by atoms with Crippen LogP contribution in [0.3, 0.4) is 0 Å². The quantitative estimate of drug-likeness (QED) is 0.849. The largest absolute Gasteiger partial charge is 0.496 e. The first-order chi connectivity index (χ1) is 10.0. The van der Waals surface area contributed by atoms with Gasteiger partial charge in [-0.05, 0) is 43.2 Å². The highest BCUT2D eigenvalue weighted by atomic mass is 16.5. The van der Waals surface area contributed by atoms with Crippen LogP contribution in [-0.2, 0) is 6.54 Å². The number of nitrogens with two attached hydrogens (primary N) is 1. The van der Waals surface area contributed by atoms with Crippen LogP contribution in [0.15, 0.2) is 36.4 Å². The van der Waals surface area contributed by atoms with Crippen LogP contribution in [0.5, 0.6) is 5.75 Å². The Labute approximate surface area is 124 Å². The van der Waals surface area contributed by atoms with E-state index in [2.05, 4.69) is 5.32 Å². The maximum atomic E-state index is 12.3. The van der Waals surface area contributed by atoms with Crippen molar-refractivity contribution in [3.8, 4) is 5.75 Å². The molecule has 0 aliphatic heterocycles. The Balaban J connectivity index is 2.15. The van der Waals surface area contributed by atoms with Crippen molar-refractivity contribution < 1.29 is 9.53 Å². The van der Waals surface area contributed by atoms with E-state index in [9.17, 15) is 4.79 Å². The predicted molar refractivity (Wildman–Crippen MR) is 84.5 cm³/mol. The predicted octanol–water partition coefficient (Wildman–Crippen LogP) is 2.82. The van der Waals surface area contributed by atoms with Crippen LogP contribution < -0.4 is 15.8 Å². The van der Waals surface area contributed by atoms with E-state index in [0.717, 1.165) is 22.4 Å². The highest BCUT2D eigenvalue weighted by molar-refractivity contribution is 5.97. The molecular formula is C17H20N2O2. The number of rotatable bonds is 4. The van der Waals surface area contributed by atoms with Gasteiger partial charge in [0.05, 0.1) is 12.7 Å². The summed E-state index contributed by atoms with van der Waals surface area (Å²) in [7, 11) is 1.56. The molecule has 0 heterocycles. The van der Waals surface area contributed by atoms with E-state index in [4.69, 9.17) is 10.5 Å². The van der Waals surface area contributed by atoms with Gasteiger partial charge in [-0.15, -0.1) is 0 Å². The Hall–Kier alpha value is -2.49. The fraction of sp³-hybridized carbons (Fsp3) is 0.235. The number of amides is 1. The summed E-state index contributed by atoms with van der Waals surface area (Å²) in [6.45, 7) is 4.33. The number of aryl methyl sites for hydroxylation is 1. The highest BCUT2D eigenvalue weighted by Crippen LogP contribution is 2.20. The average Bonchev–Trinajstić information content (AvgIpc) is 2.48. The molecule has 3 N–H and O–H groups in total. The van der Waals surface area contributed by atoms with Crippen LogP contribution >= 0.6 is 0 Å². The third-order valence-electron chi connectivity index (χ3n) is 3.53. The van der Waals surface area contributed by atoms with Gasteiger partial charge in [-0.2, -0.15) is 0 Å². The number of methoxy groups -OCH3 is 1. The molecule has 2 aromatic rings. The number of carbonyl (C=O) groups is 1. The van der Waals surface area contributed by atoms with Crippen molar-refractivity contribution in [2.24, 2.45) is 0 Å². The lowest BCUT2D eigenvalue weighted by Gasteiger charge is -2.12. The fourth-order valence-corrected chi connectivity index (χ4v) is 2.16. The van der Waals surface area contributed by atoms with Gasteiger partial charge < -0.3 is 15.8 Å². The van der Waals surface area contributed by atoms with Crippen molar-refractivity contribution in [1.29, 1.82) is 0 Å². The lowest BCUT2D eigenvalue weighted by molar-refractivity contribution is 0.0947. The number of benzene rings is 2. The molecule has 2 aromatic carbocycles. The number of hydrogen-bond donors (Lipinski definition) is 2. The minimum Gasteiger partial charge on any atom is -0.496 e. The number of carbonyl (C=O) groups excluding carboxylic acids is 1. The van der Waals surface area contributed by atoms with Crippen molar-refractivity contribution in [1.82, 2.24) is 5.32 Å². The fourth-order valence-electron chi connectivity index (χ4n) is 2.16. The van der Waals surface area contributed by atoms with Crippen LogP contribution in [0.2, 0.25) is 0 Å². The molecule has 0 aliphatic carbocycles. The highest BCUT2D eigenvalue weighted by Gasteiger charge is 2.12. The SMILES string of the molecule is COc1ccc(C)cc1C(=O)NCc1cccc(N)c1C. The lowest BCUT2D eigenvalue weighted by atomic mass is 10.1. The zero-order valence-electron chi connectivity index (χ0n) is 12.6. The van der Waals surface area contributed by atoms with E-state index in [1.54, 1.807) is 13.2 Å². The molecule has 1 amide bonds. The summed E-state index contributed by atoms with van der Waals surface area (Å²) in [5, 5.41) is 2.91. The molecule has 0 aliphatic rings. The zero-order valence-corrected chi connectivity index (χ0v) is 12.6. The van der Waals surface area contributed by atoms with Crippen molar-refractivity contribution in [2.75, 3.05) is 12.8 Å². The van der Waals surface area contributed by atoms with Gasteiger partial charge in [-0.1, -0.05) is 23.8 Å². The van der Waals surface area contributed by atoms with E-state index in [0.29, 0.717) is 17.9 Å². The van der Waals surface area contributed by atoms with Crippen LogP contribution in [0, 0.1) is 13.8 Å². The minimum atomic E-state index is -0.155. The lowest BCUT2D eigenvalue weighted by Crippen LogP contribution is -2.24. The number of nitrogens with one attached hydrogen (secondary N) is 1. The Morgan fingerprint density at radius 1 is 1.24 bits per heavy atom. The molecule has 4 nitrogen and oxygen atoms in total. The molecular weight excluding hydrogens is 264 g/mol. The van der Waals surface area contributed by atoms with Crippen molar-refractivity contribution in [3.63, 3.8) is 0 Å². The molecule has 0 atom stereocenters. The normalized spacial score (nSPS) is 10.2. The van der Waals surface area contributed by atoms with E-state index < -0.39 is 0 Å². The van der Waals surface area contributed by atoms with E-state index >= 15 is 0 Å². The van der Waals surface area contributed by atoms with Gasteiger partial charge in [0.25, 0.3) is 5.91 Å². The second-order valence-corrected chi connectivity index (χ2v) is 5.02. The summed E-state index contributed by atoms with van der Waals surface area (Å²) in [5.74, 6) is 0.416. The van der Waals surface area contributed by atoms with Crippen molar-refractivity contribution >= 4 is 11.6 Å². The number of nitrogen functional groups attached to an aromatic ring is 1. The average molecular weight is 284 g/mol. The Bertz CT molecular complexity index is 666. The zero-order chi connectivity index (χ0) is 15.4. The van der Waals surface area contributed by atoms with Gasteiger partial charge in [-0.25, -0.2) is 0 Å². The van der Waals surface area contributed by atoms with Crippen LogP contribution in [-0.4, -0.2) is 13.0 Å². The second kappa shape index (κ2) is 6.31. The molecule has 4 heteroatoms. The molecule has 0 bridgehead atoms. The summed E-state index contributed by atoms with van der Waals surface area (Å²) in [6, 6.07) is 11.2. The number of hydrogen-bond acceptors (Lipinski definition) is 3. The number of anilines is 1. The standard InChI is InChI=1S/C17H20N2O2/c1-11-7-8-16(21-3)14(9-11)17(20)19-10-13-5-4-6-15(18)12(13)2/h4-9H,10,18H2,1-3H3,(H,19,20). The van der Waals surface area contributed by atoms with Crippen molar-refractivity contribution in [2.45, 2.75) is 20.4 Å². The Kier molecular flexibility index (Phi) is 4.48. The van der Waals surface area contributed by atoms with Gasteiger partial charge in [0.2, 0.25) is 0 Å². The summed E-state index contributed by atoms with van der Waals surface area (Å²) in [5.41, 5.74) is 10.2. The monoisotopic (exact) mass is 284 g/mol. The van der Waals surface area contributed by atoms with Crippen LogP contribution in [0.25, 0.3) is 0 Å². The first-order valence-corrected chi connectivity index (χ1v) is 6.79. The maximum Gasteiger partial charge on any atom is 0.255 e. The molecule has 21 heavy (non-hydrogen) atoms. The summed E-state index contributed by atoms with van der Waals surface area (Å²) >= 11 is 0. The molecule has 0 radical (unpaired) electrons. The van der Waals surface area contributed by atoms with Gasteiger partial charge >= 0.3 is 0 Å². The molecule has 0 aromatic heterocycles.